The van der Waals surface area contributed by atoms with Crippen molar-refractivity contribution in [3.8, 4) is 11.1 Å². The number of aliphatic hydroxyl groups excluding tert-OH is 1. The Hall–Kier alpha value is -2.77. The summed E-state index contributed by atoms with van der Waals surface area (Å²) < 4.78 is 7.94. The van der Waals surface area contributed by atoms with Crippen LogP contribution in [-0.2, 0) is 9.53 Å². The second-order valence-corrected chi connectivity index (χ2v) is 7.55. The molecular formula is C21H22N4O3. The molecule has 1 aliphatic carbocycles. The number of aliphatic hydroxyl groups is 1. The van der Waals surface area contributed by atoms with Gasteiger partial charge < -0.3 is 19.1 Å². The molecule has 2 fully saturated rings. The van der Waals surface area contributed by atoms with Crippen molar-refractivity contribution in [3.05, 3.63) is 54.9 Å². The van der Waals surface area contributed by atoms with E-state index in [1.54, 1.807) is 12.5 Å². The summed E-state index contributed by atoms with van der Waals surface area (Å²) in [6.07, 6.45) is 8.01. The van der Waals surface area contributed by atoms with E-state index < -0.39 is 0 Å². The van der Waals surface area contributed by atoms with Gasteiger partial charge >= 0.3 is 0 Å². The highest BCUT2D eigenvalue weighted by Gasteiger charge is 2.38. The van der Waals surface area contributed by atoms with Crippen LogP contribution in [0.5, 0.6) is 0 Å². The number of hydrogen-bond donors (Lipinski definition) is 1. The summed E-state index contributed by atoms with van der Waals surface area (Å²) in [7, 11) is 0. The van der Waals surface area contributed by atoms with E-state index in [4.69, 9.17) is 4.74 Å². The average molecular weight is 378 g/mol. The fourth-order valence-corrected chi connectivity index (χ4v) is 4.04. The number of amides is 1. The predicted octanol–water partition coefficient (Wildman–Crippen LogP) is 2.07. The fourth-order valence-electron chi connectivity index (χ4n) is 4.04. The zero-order chi connectivity index (χ0) is 19.1. The molecule has 1 amide bonds. The van der Waals surface area contributed by atoms with Gasteiger partial charge in [-0.15, -0.1) is 0 Å². The molecule has 0 unspecified atom stereocenters. The predicted molar refractivity (Wildman–Crippen MR) is 102 cm³/mol. The van der Waals surface area contributed by atoms with E-state index >= 15 is 0 Å². The van der Waals surface area contributed by atoms with Gasteiger partial charge in [0, 0.05) is 36.6 Å². The number of carbonyl (C=O) groups is 1. The van der Waals surface area contributed by atoms with Gasteiger partial charge in [0.1, 0.15) is 6.10 Å². The van der Waals surface area contributed by atoms with Crippen LogP contribution in [0.15, 0.2) is 49.2 Å². The van der Waals surface area contributed by atoms with Crippen molar-refractivity contribution in [3.63, 3.8) is 0 Å². The number of carbonyl (C=O) groups excluding carboxylic acids is 1. The molecule has 144 valence electrons. The number of rotatable bonds is 3. The molecule has 1 N–H and O–H groups in total. The monoisotopic (exact) mass is 378 g/mol. The van der Waals surface area contributed by atoms with Crippen LogP contribution in [0.25, 0.3) is 16.6 Å². The molecule has 7 heteroatoms. The van der Waals surface area contributed by atoms with Crippen molar-refractivity contribution in [1.82, 2.24) is 19.3 Å². The Labute approximate surface area is 162 Å². The number of imidazole rings is 1. The highest BCUT2D eigenvalue weighted by Crippen LogP contribution is 2.32. The Morgan fingerprint density at radius 2 is 2.11 bits per heavy atom. The van der Waals surface area contributed by atoms with Crippen molar-refractivity contribution in [1.29, 1.82) is 0 Å². The third kappa shape index (κ3) is 3.06. The van der Waals surface area contributed by atoms with Crippen molar-refractivity contribution in [2.24, 2.45) is 5.92 Å². The molecule has 0 bridgehead atoms. The maximum Gasteiger partial charge on any atom is 0.226 e. The number of fused-ring (bicyclic) bond motifs is 1. The molecule has 3 aromatic heterocycles. The maximum atomic E-state index is 12.6. The molecule has 4 heterocycles. The van der Waals surface area contributed by atoms with Gasteiger partial charge in [-0.25, -0.2) is 4.98 Å². The van der Waals surface area contributed by atoms with Gasteiger partial charge in [-0.1, -0.05) is 12.1 Å². The number of aromatic nitrogens is 3. The van der Waals surface area contributed by atoms with E-state index in [1.807, 2.05) is 39.9 Å². The molecule has 1 saturated carbocycles. The van der Waals surface area contributed by atoms with Crippen molar-refractivity contribution in [2.75, 3.05) is 19.7 Å². The van der Waals surface area contributed by atoms with E-state index in [0.717, 1.165) is 22.3 Å². The normalized spacial score (nSPS) is 24.9. The van der Waals surface area contributed by atoms with Crippen molar-refractivity contribution < 1.29 is 14.6 Å². The van der Waals surface area contributed by atoms with Gasteiger partial charge in [-0.3, -0.25) is 9.78 Å². The van der Waals surface area contributed by atoms with Crippen LogP contribution in [0, 0.1) is 5.92 Å². The van der Waals surface area contributed by atoms with Crippen molar-refractivity contribution in [2.45, 2.75) is 25.0 Å². The minimum Gasteiger partial charge on any atom is -0.393 e. The number of pyridine rings is 2. The highest BCUT2D eigenvalue weighted by molar-refractivity contribution is 5.80. The molecule has 0 spiro atoms. The second-order valence-electron chi connectivity index (χ2n) is 7.55. The molecule has 2 aliphatic rings. The first-order valence-electron chi connectivity index (χ1n) is 9.64. The lowest BCUT2D eigenvalue weighted by Crippen LogP contribution is -2.48. The molecule has 1 saturated heterocycles. The lowest BCUT2D eigenvalue weighted by Gasteiger charge is -2.38. The SMILES string of the molecule is O=C(C1CC(O)C1)N1CCO[C@H](c2ncn3cc(-c4cccnc4)ccc23)C1. The topological polar surface area (TPSA) is 80.0 Å². The number of nitrogens with zero attached hydrogens (tertiary/aromatic N) is 4. The van der Waals surface area contributed by atoms with E-state index in [1.165, 1.54) is 0 Å². The summed E-state index contributed by atoms with van der Waals surface area (Å²) in [6.45, 7) is 1.60. The molecule has 3 aromatic rings. The number of morpholine rings is 1. The van der Waals surface area contributed by atoms with Gasteiger partial charge in [0.25, 0.3) is 0 Å². The molecule has 1 atom stereocenters. The van der Waals surface area contributed by atoms with E-state index in [-0.39, 0.29) is 24.0 Å². The molecule has 0 radical (unpaired) electrons. The molecule has 0 aromatic carbocycles. The van der Waals surface area contributed by atoms with Crippen LogP contribution in [0.1, 0.15) is 24.6 Å². The largest absolute Gasteiger partial charge is 0.393 e. The zero-order valence-electron chi connectivity index (χ0n) is 15.4. The van der Waals surface area contributed by atoms with Crippen molar-refractivity contribution >= 4 is 11.4 Å². The number of ether oxygens (including phenoxy) is 1. The Bertz CT molecular complexity index is 997. The van der Waals surface area contributed by atoms with Crippen LogP contribution in [-0.4, -0.2) is 56.1 Å². The van der Waals surface area contributed by atoms with E-state index in [2.05, 4.69) is 16.0 Å². The fraction of sp³-hybridized carbons (Fsp3) is 0.381. The minimum atomic E-state index is -0.322. The molecule has 1 aliphatic heterocycles. The summed E-state index contributed by atoms with van der Waals surface area (Å²) in [4.78, 5) is 23.3. The first-order valence-corrected chi connectivity index (χ1v) is 9.64. The molecular weight excluding hydrogens is 356 g/mol. The Morgan fingerprint density at radius 1 is 1.21 bits per heavy atom. The average Bonchev–Trinajstić information content (AvgIpc) is 3.15. The Balaban J connectivity index is 1.37. The van der Waals surface area contributed by atoms with E-state index in [0.29, 0.717) is 32.5 Å². The molecule has 7 nitrogen and oxygen atoms in total. The summed E-state index contributed by atoms with van der Waals surface area (Å²) in [5.74, 6) is 0.0792. The van der Waals surface area contributed by atoms with Crippen LogP contribution in [0.4, 0.5) is 0 Å². The smallest absolute Gasteiger partial charge is 0.226 e. The standard InChI is InChI=1S/C21H22N4O3/c26-17-8-16(9-17)21(27)24-6-7-28-19(12-24)20-18-4-3-15(11-25(18)13-23-20)14-2-1-5-22-10-14/h1-5,10-11,13,16-17,19,26H,6-9,12H2/t16?,17?,19-/m0/s1. The lowest BCUT2D eigenvalue weighted by atomic mass is 9.81. The third-order valence-corrected chi connectivity index (χ3v) is 5.70. The van der Waals surface area contributed by atoms with Crippen LogP contribution < -0.4 is 0 Å². The Morgan fingerprint density at radius 3 is 2.89 bits per heavy atom. The van der Waals surface area contributed by atoms with Gasteiger partial charge in [-0.05, 0) is 30.5 Å². The van der Waals surface area contributed by atoms with Crippen LogP contribution >= 0.6 is 0 Å². The first kappa shape index (κ1) is 17.3. The van der Waals surface area contributed by atoms with Crippen LogP contribution in [0.2, 0.25) is 0 Å². The van der Waals surface area contributed by atoms with Gasteiger partial charge in [-0.2, -0.15) is 0 Å². The number of hydrogen-bond acceptors (Lipinski definition) is 5. The summed E-state index contributed by atoms with van der Waals surface area (Å²) >= 11 is 0. The van der Waals surface area contributed by atoms with E-state index in [9.17, 15) is 9.90 Å². The highest BCUT2D eigenvalue weighted by atomic mass is 16.5. The molecule has 28 heavy (non-hydrogen) atoms. The third-order valence-electron chi connectivity index (χ3n) is 5.70. The maximum absolute atomic E-state index is 12.6. The second kappa shape index (κ2) is 7.00. The van der Waals surface area contributed by atoms with Gasteiger partial charge in [0.15, 0.2) is 0 Å². The summed E-state index contributed by atoms with van der Waals surface area (Å²) in [5.41, 5.74) is 3.94. The summed E-state index contributed by atoms with van der Waals surface area (Å²) in [6, 6.07) is 8.04. The summed E-state index contributed by atoms with van der Waals surface area (Å²) in [5, 5.41) is 9.48. The Kier molecular flexibility index (Phi) is 4.33. The zero-order valence-corrected chi connectivity index (χ0v) is 15.4. The lowest BCUT2D eigenvalue weighted by molar-refractivity contribution is -0.150. The van der Waals surface area contributed by atoms with Crippen LogP contribution in [0.3, 0.4) is 0 Å². The van der Waals surface area contributed by atoms with Gasteiger partial charge in [0.05, 0.1) is 36.8 Å². The molecule has 5 rings (SSSR count). The minimum absolute atomic E-state index is 0.0467. The quantitative estimate of drug-likeness (QED) is 0.755. The van der Waals surface area contributed by atoms with Gasteiger partial charge in [0.2, 0.25) is 5.91 Å². The first-order chi connectivity index (χ1) is 13.7.